The van der Waals surface area contributed by atoms with E-state index < -0.39 is 5.91 Å². The predicted octanol–water partition coefficient (Wildman–Crippen LogP) is 3.31. The molecule has 0 aromatic heterocycles. The van der Waals surface area contributed by atoms with Gasteiger partial charge in [-0.2, -0.15) is 0 Å². The van der Waals surface area contributed by atoms with Gasteiger partial charge in [0.2, 0.25) is 0 Å². The smallest absolute Gasteiger partial charge is 0.282 e. The van der Waals surface area contributed by atoms with Crippen molar-refractivity contribution < 1.29 is 14.3 Å². The highest BCUT2D eigenvalue weighted by molar-refractivity contribution is 9.10. The molecule has 2 amide bonds. The van der Waals surface area contributed by atoms with E-state index >= 15 is 0 Å². The summed E-state index contributed by atoms with van der Waals surface area (Å²) in [5.41, 5.74) is 4.04. The average Bonchev–Trinajstić information content (AvgIpc) is 2.86. The summed E-state index contributed by atoms with van der Waals surface area (Å²) in [6, 6.07) is 14.3. The van der Waals surface area contributed by atoms with Crippen LogP contribution < -0.4 is 15.2 Å². The molecule has 6 heteroatoms. The average molecular weight is 387 g/mol. The van der Waals surface area contributed by atoms with Crippen LogP contribution in [0.25, 0.3) is 6.08 Å². The first-order chi connectivity index (χ1) is 11.6. The number of nitrogens with zero attached hydrogens (tertiary/aromatic N) is 1. The first-order valence-electron chi connectivity index (χ1n) is 7.44. The van der Waals surface area contributed by atoms with Crippen LogP contribution in [0.4, 0.5) is 5.69 Å². The maximum Gasteiger partial charge on any atom is 0.282 e. The van der Waals surface area contributed by atoms with Gasteiger partial charge in [0, 0.05) is 4.47 Å². The zero-order chi connectivity index (χ0) is 17.1. The minimum absolute atomic E-state index is 0.0991. The third kappa shape index (κ3) is 3.33. The Morgan fingerprint density at radius 1 is 1.08 bits per heavy atom. The van der Waals surface area contributed by atoms with E-state index in [1.54, 1.807) is 42.5 Å². The van der Waals surface area contributed by atoms with Gasteiger partial charge < -0.3 is 4.74 Å². The Morgan fingerprint density at radius 2 is 1.75 bits per heavy atom. The van der Waals surface area contributed by atoms with Crippen LogP contribution in [0, 0.1) is 0 Å². The molecule has 3 rings (SSSR count). The Labute approximate surface area is 148 Å². The number of hydrogen-bond donors (Lipinski definition) is 1. The largest absolute Gasteiger partial charge is 0.494 e. The van der Waals surface area contributed by atoms with Crippen molar-refractivity contribution in [2.24, 2.45) is 0 Å². The van der Waals surface area contributed by atoms with Gasteiger partial charge in [0.15, 0.2) is 0 Å². The molecule has 2 aromatic rings. The van der Waals surface area contributed by atoms with Crippen LogP contribution in [-0.4, -0.2) is 18.4 Å². The van der Waals surface area contributed by atoms with Crippen molar-refractivity contribution >= 4 is 39.5 Å². The fraction of sp³-hybridized carbons (Fsp3) is 0.111. The van der Waals surface area contributed by atoms with Gasteiger partial charge in [-0.25, -0.2) is 5.01 Å². The number of hydrazine groups is 1. The second kappa shape index (κ2) is 6.88. The highest BCUT2D eigenvalue weighted by Crippen LogP contribution is 2.23. The first kappa shape index (κ1) is 16.3. The Morgan fingerprint density at radius 3 is 2.38 bits per heavy atom. The van der Waals surface area contributed by atoms with Crippen molar-refractivity contribution in [2.45, 2.75) is 6.92 Å². The Hall–Kier alpha value is -2.60. The summed E-state index contributed by atoms with van der Waals surface area (Å²) in [6.07, 6.45) is 1.58. The van der Waals surface area contributed by atoms with Gasteiger partial charge in [-0.1, -0.05) is 28.1 Å². The predicted molar refractivity (Wildman–Crippen MR) is 95.4 cm³/mol. The highest BCUT2D eigenvalue weighted by Gasteiger charge is 2.34. The van der Waals surface area contributed by atoms with Crippen molar-refractivity contribution in [3.63, 3.8) is 0 Å². The van der Waals surface area contributed by atoms with E-state index in [1.165, 1.54) is 5.01 Å². The molecule has 2 aromatic carbocycles. The number of anilines is 1. The maximum atomic E-state index is 12.5. The summed E-state index contributed by atoms with van der Waals surface area (Å²) in [6.45, 7) is 2.50. The van der Waals surface area contributed by atoms with E-state index in [2.05, 4.69) is 21.4 Å². The summed E-state index contributed by atoms with van der Waals surface area (Å²) < 4.78 is 6.28. The van der Waals surface area contributed by atoms with Gasteiger partial charge in [0.05, 0.1) is 12.3 Å². The number of hydrogen-bond acceptors (Lipinski definition) is 3. The van der Waals surface area contributed by atoms with Crippen molar-refractivity contribution in [3.05, 3.63) is 64.1 Å². The van der Waals surface area contributed by atoms with E-state index in [9.17, 15) is 9.59 Å². The van der Waals surface area contributed by atoms with Crippen LogP contribution in [-0.2, 0) is 9.59 Å². The maximum absolute atomic E-state index is 12.5. The van der Waals surface area contributed by atoms with Crippen LogP contribution in [0.3, 0.4) is 0 Å². The molecule has 1 N–H and O–H groups in total. The normalized spacial score (nSPS) is 15.8. The van der Waals surface area contributed by atoms with Gasteiger partial charge in [-0.15, -0.1) is 0 Å². The fourth-order valence-electron chi connectivity index (χ4n) is 2.32. The molecule has 0 saturated carbocycles. The summed E-state index contributed by atoms with van der Waals surface area (Å²) in [7, 11) is 0. The number of carbonyl (C=O) groups excluding carboxylic acids is 2. The molecule has 122 valence electrons. The minimum atomic E-state index is -0.420. The molecule has 1 heterocycles. The van der Waals surface area contributed by atoms with E-state index in [0.29, 0.717) is 12.3 Å². The molecule has 24 heavy (non-hydrogen) atoms. The van der Waals surface area contributed by atoms with Crippen molar-refractivity contribution in [3.8, 4) is 5.75 Å². The standard InChI is InChI=1S/C18H15BrN2O3/c1-2-24-15-9-3-12(4-10-15)11-16-17(22)20-21(18(16)23)14-7-5-13(19)6-8-14/h3-11H,2H2,1H3,(H,20,22)/b16-11+. The second-order valence-corrected chi connectivity index (χ2v) is 6.03. The van der Waals surface area contributed by atoms with Crippen molar-refractivity contribution in [1.82, 2.24) is 5.43 Å². The number of nitrogens with one attached hydrogen (secondary N) is 1. The summed E-state index contributed by atoms with van der Waals surface area (Å²) in [5, 5.41) is 1.25. The van der Waals surface area contributed by atoms with E-state index in [0.717, 1.165) is 15.8 Å². The summed E-state index contributed by atoms with van der Waals surface area (Å²) in [4.78, 5) is 24.6. The lowest BCUT2D eigenvalue weighted by atomic mass is 10.1. The zero-order valence-electron chi connectivity index (χ0n) is 13.0. The molecule has 0 bridgehead atoms. The number of halogens is 1. The van der Waals surface area contributed by atoms with Gasteiger partial charge in [-0.05, 0) is 55.0 Å². The monoisotopic (exact) mass is 386 g/mol. The van der Waals surface area contributed by atoms with Gasteiger partial charge in [0.25, 0.3) is 11.8 Å². The van der Waals surface area contributed by atoms with Crippen LogP contribution in [0.1, 0.15) is 12.5 Å². The molecule has 0 atom stereocenters. The summed E-state index contributed by atoms with van der Waals surface area (Å²) in [5.74, 6) is -0.0497. The summed E-state index contributed by atoms with van der Waals surface area (Å²) >= 11 is 3.34. The quantitative estimate of drug-likeness (QED) is 0.647. The molecule has 0 radical (unpaired) electrons. The molecule has 1 aliphatic rings. The van der Waals surface area contributed by atoms with Crippen LogP contribution in [0.15, 0.2) is 58.6 Å². The Bertz CT molecular complexity index is 798. The van der Waals surface area contributed by atoms with E-state index in [4.69, 9.17) is 4.74 Å². The highest BCUT2D eigenvalue weighted by atomic mass is 79.9. The van der Waals surface area contributed by atoms with Gasteiger partial charge >= 0.3 is 0 Å². The molecular formula is C18H15BrN2O3. The second-order valence-electron chi connectivity index (χ2n) is 5.12. The van der Waals surface area contributed by atoms with E-state index in [1.807, 2.05) is 19.1 Å². The Kier molecular flexibility index (Phi) is 4.66. The first-order valence-corrected chi connectivity index (χ1v) is 8.23. The lowest BCUT2D eigenvalue weighted by Crippen LogP contribution is -2.35. The van der Waals surface area contributed by atoms with Gasteiger partial charge in [-0.3, -0.25) is 15.0 Å². The van der Waals surface area contributed by atoms with E-state index in [-0.39, 0.29) is 11.5 Å². The third-order valence-electron chi connectivity index (χ3n) is 3.48. The molecule has 0 unspecified atom stereocenters. The lowest BCUT2D eigenvalue weighted by Gasteiger charge is -2.14. The van der Waals surface area contributed by atoms with Crippen LogP contribution >= 0.6 is 15.9 Å². The van der Waals surface area contributed by atoms with Gasteiger partial charge in [0.1, 0.15) is 11.3 Å². The number of carbonyl (C=O) groups is 2. The molecule has 5 nitrogen and oxygen atoms in total. The Balaban J connectivity index is 1.84. The third-order valence-corrected chi connectivity index (χ3v) is 4.01. The minimum Gasteiger partial charge on any atom is -0.494 e. The SMILES string of the molecule is CCOc1ccc(/C=C2\C(=O)NN(c3ccc(Br)cc3)C2=O)cc1. The number of amides is 2. The zero-order valence-corrected chi connectivity index (χ0v) is 14.5. The van der Waals surface area contributed by atoms with Crippen molar-refractivity contribution in [2.75, 3.05) is 11.6 Å². The van der Waals surface area contributed by atoms with Crippen molar-refractivity contribution in [1.29, 1.82) is 0 Å². The lowest BCUT2D eigenvalue weighted by molar-refractivity contribution is -0.117. The fourth-order valence-corrected chi connectivity index (χ4v) is 2.59. The molecular weight excluding hydrogens is 372 g/mol. The molecule has 1 aliphatic heterocycles. The number of rotatable bonds is 4. The molecule has 0 aliphatic carbocycles. The van der Waals surface area contributed by atoms with Crippen LogP contribution in [0.5, 0.6) is 5.75 Å². The topological polar surface area (TPSA) is 58.6 Å². The number of benzene rings is 2. The molecule has 0 spiro atoms. The molecule has 1 fully saturated rings. The van der Waals surface area contributed by atoms with Crippen LogP contribution in [0.2, 0.25) is 0 Å². The molecule has 1 saturated heterocycles. The number of ether oxygens (including phenoxy) is 1.